The first-order chi connectivity index (χ1) is 10.1. The van der Waals surface area contributed by atoms with E-state index in [1.807, 2.05) is 31.2 Å². The van der Waals surface area contributed by atoms with E-state index in [1.54, 1.807) is 0 Å². The molecule has 0 bridgehead atoms. The summed E-state index contributed by atoms with van der Waals surface area (Å²) in [5.41, 5.74) is 4.38. The highest BCUT2D eigenvalue weighted by Crippen LogP contribution is 2.35. The SMILES string of the molecule is Cc1ccc(C(O)CC2OCCc3ccccc32)cc1Cl. The van der Waals surface area contributed by atoms with Crippen molar-refractivity contribution < 1.29 is 9.84 Å². The Morgan fingerprint density at radius 3 is 2.90 bits per heavy atom. The van der Waals surface area contributed by atoms with Crippen LogP contribution in [0.15, 0.2) is 42.5 Å². The van der Waals surface area contributed by atoms with Gasteiger partial charge in [-0.2, -0.15) is 0 Å². The van der Waals surface area contributed by atoms with Gasteiger partial charge < -0.3 is 9.84 Å². The molecule has 1 N–H and O–H groups in total. The molecule has 0 saturated carbocycles. The van der Waals surface area contributed by atoms with Crippen LogP contribution in [0, 0.1) is 6.92 Å². The fourth-order valence-corrected chi connectivity index (χ4v) is 3.02. The van der Waals surface area contributed by atoms with E-state index in [2.05, 4.69) is 18.2 Å². The van der Waals surface area contributed by atoms with Crippen molar-refractivity contribution in [3.8, 4) is 0 Å². The number of hydrogen-bond donors (Lipinski definition) is 1. The maximum atomic E-state index is 10.5. The number of aliphatic hydroxyl groups excluding tert-OH is 1. The number of rotatable bonds is 3. The summed E-state index contributed by atoms with van der Waals surface area (Å²) in [6.07, 6.45) is 0.875. The molecule has 0 saturated heterocycles. The number of aryl methyl sites for hydroxylation is 1. The molecule has 0 aliphatic carbocycles. The van der Waals surface area contributed by atoms with Crippen molar-refractivity contribution in [2.45, 2.75) is 32.0 Å². The van der Waals surface area contributed by atoms with Crippen LogP contribution in [-0.4, -0.2) is 11.7 Å². The van der Waals surface area contributed by atoms with Gasteiger partial charge in [-0.25, -0.2) is 0 Å². The highest BCUT2D eigenvalue weighted by atomic mass is 35.5. The number of aliphatic hydroxyl groups is 1. The summed E-state index contributed by atoms with van der Waals surface area (Å²) in [5.74, 6) is 0. The first-order valence-corrected chi connectivity index (χ1v) is 7.66. The minimum atomic E-state index is -0.570. The molecule has 3 rings (SSSR count). The molecule has 2 nitrogen and oxygen atoms in total. The lowest BCUT2D eigenvalue weighted by Gasteiger charge is -2.28. The maximum Gasteiger partial charge on any atom is 0.0855 e. The van der Waals surface area contributed by atoms with Crippen LogP contribution in [0.25, 0.3) is 0 Å². The van der Waals surface area contributed by atoms with Gasteiger partial charge in [0.15, 0.2) is 0 Å². The zero-order valence-electron chi connectivity index (χ0n) is 12.1. The van der Waals surface area contributed by atoms with Crippen molar-refractivity contribution in [3.63, 3.8) is 0 Å². The van der Waals surface area contributed by atoms with E-state index in [-0.39, 0.29) is 6.10 Å². The Morgan fingerprint density at radius 2 is 2.10 bits per heavy atom. The molecule has 2 aromatic carbocycles. The summed E-state index contributed by atoms with van der Waals surface area (Å²) in [7, 11) is 0. The number of fused-ring (bicyclic) bond motifs is 1. The lowest BCUT2D eigenvalue weighted by atomic mass is 9.92. The number of halogens is 1. The zero-order chi connectivity index (χ0) is 14.8. The molecule has 110 valence electrons. The third-order valence-corrected chi connectivity index (χ3v) is 4.52. The van der Waals surface area contributed by atoms with Crippen LogP contribution < -0.4 is 0 Å². The van der Waals surface area contributed by atoms with Gasteiger partial charge in [0.25, 0.3) is 0 Å². The third kappa shape index (κ3) is 3.13. The van der Waals surface area contributed by atoms with Crippen molar-refractivity contribution in [2.75, 3.05) is 6.61 Å². The number of hydrogen-bond acceptors (Lipinski definition) is 2. The van der Waals surface area contributed by atoms with E-state index < -0.39 is 6.10 Å². The molecule has 0 aromatic heterocycles. The maximum absolute atomic E-state index is 10.5. The summed E-state index contributed by atoms with van der Waals surface area (Å²) in [4.78, 5) is 0. The van der Waals surface area contributed by atoms with E-state index in [1.165, 1.54) is 11.1 Å². The quantitative estimate of drug-likeness (QED) is 0.911. The van der Waals surface area contributed by atoms with Crippen LogP contribution in [0.2, 0.25) is 5.02 Å². The minimum absolute atomic E-state index is 0.0509. The molecule has 1 aliphatic heterocycles. The fourth-order valence-electron chi connectivity index (χ4n) is 2.83. The average Bonchev–Trinajstić information content (AvgIpc) is 2.50. The minimum Gasteiger partial charge on any atom is -0.388 e. The molecule has 3 heteroatoms. The first kappa shape index (κ1) is 14.6. The van der Waals surface area contributed by atoms with Crippen molar-refractivity contribution in [1.82, 2.24) is 0 Å². The molecule has 0 radical (unpaired) electrons. The van der Waals surface area contributed by atoms with Crippen molar-refractivity contribution in [1.29, 1.82) is 0 Å². The van der Waals surface area contributed by atoms with Crippen LogP contribution >= 0.6 is 11.6 Å². The second kappa shape index (κ2) is 6.18. The van der Waals surface area contributed by atoms with Gasteiger partial charge >= 0.3 is 0 Å². The summed E-state index contributed by atoms with van der Waals surface area (Å²) in [5, 5.41) is 11.2. The lowest BCUT2D eigenvalue weighted by Crippen LogP contribution is -2.18. The van der Waals surface area contributed by atoms with Crippen LogP contribution in [0.3, 0.4) is 0 Å². The molecule has 1 aliphatic rings. The van der Waals surface area contributed by atoms with Gasteiger partial charge in [-0.15, -0.1) is 0 Å². The van der Waals surface area contributed by atoms with E-state index in [0.717, 1.165) is 17.5 Å². The summed E-state index contributed by atoms with van der Waals surface area (Å²) >= 11 is 6.14. The molecule has 21 heavy (non-hydrogen) atoms. The normalized spacial score (nSPS) is 19.1. The van der Waals surface area contributed by atoms with E-state index >= 15 is 0 Å². The summed E-state index contributed by atoms with van der Waals surface area (Å²) < 4.78 is 5.86. The Balaban J connectivity index is 1.79. The van der Waals surface area contributed by atoms with Gasteiger partial charge in [0.1, 0.15) is 0 Å². The summed E-state index contributed by atoms with van der Waals surface area (Å²) in [6, 6.07) is 14.0. The Morgan fingerprint density at radius 1 is 1.29 bits per heavy atom. The molecule has 2 aromatic rings. The Labute approximate surface area is 130 Å². The lowest BCUT2D eigenvalue weighted by molar-refractivity contribution is 0.00377. The monoisotopic (exact) mass is 302 g/mol. The van der Waals surface area contributed by atoms with Gasteiger partial charge in [-0.1, -0.05) is 48.0 Å². The second-order valence-electron chi connectivity index (χ2n) is 5.57. The predicted octanol–water partition coefficient (Wildman–Crippen LogP) is 4.39. The van der Waals surface area contributed by atoms with Crippen LogP contribution in [0.1, 0.15) is 40.9 Å². The van der Waals surface area contributed by atoms with E-state index in [0.29, 0.717) is 18.1 Å². The average molecular weight is 303 g/mol. The van der Waals surface area contributed by atoms with E-state index in [9.17, 15) is 5.11 Å². The molecule has 2 unspecified atom stereocenters. The molecular weight excluding hydrogens is 284 g/mol. The zero-order valence-corrected chi connectivity index (χ0v) is 12.8. The van der Waals surface area contributed by atoms with E-state index in [4.69, 9.17) is 16.3 Å². The van der Waals surface area contributed by atoms with Gasteiger partial charge in [0.2, 0.25) is 0 Å². The standard InChI is InChI=1S/C18H19ClO2/c1-12-6-7-14(10-16(12)19)17(20)11-18-15-5-3-2-4-13(15)8-9-21-18/h2-7,10,17-18,20H,8-9,11H2,1H3. The molecule has 2 atom stereocenters. The van der Waals surface area contributed by atoms with Crippen molar-refractivity contribution >= 4 is 11.6 Å². The topological polar surface area (TPSA) is 29.5 Å². The largest absolute Gasteiger partial charge is 0.388 e. The Hall–Kier alpha value is -1.35. The van der Waals surface area contributed by atoms with Crippen LogP contribution in [-0.2, 0) is 11.2 Å². The Kier molecular flexibility index (Phi) is 4.29. The highest BCUT2D eigenvalue weighted by Gasteiger charge is 2.24. The van der Waals surface area contributed by atoms with Crippen LogP contribution in [0.5, 0.6) is 0 Å². The van der Waals surface area contributed by atoms with Crippen molar-refractivity contribution in [3.05, 3.63) is 69.7 Å². The van der Waals surface area contributed by atoms with Gasteiger partial charge in [0, 0.05) is 11.4 Å². The number of ether oxygens (including phenoxy) is 1. The van der Waals surface area contributed by atoms with Gasteiger partial charge in [-0.05, 0) is 41.7 Å². The molecule has 0 amide bonds. The van der Waals surface area contributed by atoms with Crippen molar-refractivity contribution in [2.24, 2.45) is 0 Å². The Bertz CT molecular complexity index is 639. The highest BCUT2D eigenvalue weighted by molar-refractivity contribution is 6.31. The fraction of sp³-hybridized carbons (Fsp3) is 0.333. The molecule has 1 heterocycles. The predicted molar refractivity (Wildman–Crippen MR) is 84.6 cm³/mol. The van der Waals surface area contributed by atoms with Gasteiger partial charge in [0.05, 0.1) is 18.8 Å². The van der Waals surface area contributed by atoms with Crippen LogP contribution in [0.4, 0.5) is 0 Å². The number of benzene rings is 2. The molecule has 0 fully saturated rings. The second-order valence-corrected chi connectivity index (χ2v) is 5.98. The third-order valence-electron chi connectivity index (χ3n) is 4.11. The molecule has 0 spiro atoms. The smallest absolute Gasteiger partial charge is 0.0855 e. The first-order valence-electron chi connectivity index (χ1n) is 7.28. The van der Waals surface area contributed by atoms with Gasteiger partial charge in [-0.3, -0.25) is 0 Å². The molecular formula is C18H19ClO2. The summed E-state index contributed by atoms with van der Waals surface area (Å²) in [6.45, 7) is 2.67.